The number of hydrogen-bond donors (Lipinski definition) is 2. The Balaban J connectivity index is 1.81. The van der Waals surface area contributed by atoms with Crippen molar-refractivity contribution in [1.29, 1.82) is 0 Å². The first-order valence-electron chi connectivity index (χ1n) is 8.51. The van der Waals surface area contributed by atoms with Gasteiger partial charge in [0.25, 0.3) is 0 Å². The van der Waals surface area contributed by atoms with E-state index in [0.717, 1.165) is 33.9 Å². The Morgan fingerprint density at radius 1 is 1.08 bits per heavy atom. The average Bonchev–Trinajstić information content (AvgIpc) is 3.05. The number of hydrogen-bond acceptors (Lipinski definition) is 4. The van der Waals surface area contributed by atoms with Gasteiger partial charge in [-0.25, -0.2) is 4.98 Å². The zero-order valence-electron chi connectivity index (χ0n) is 15.2. The molecule has 1 aromatic heterocycles. The molecule has 0 spiro atoms. The lowest BCUT2D eigenvalue weighted by molar-refractivity contribution is 0.375. The summed E-state index contributed by atoms with van der Waals surface area (Å²) in [5, 5.41) is 3.61. The fourth-order valence-electron chi connectivity index (χ4n) is 2.99. The molecular weight excluding hydrogens is 314 g/mol. The normalized spacial score (nSPS) is 12.5. The van der Waals surface area contributed by atoms with Crippen LogP contribution < -0.4 is 14.8 Å². The van der Waals surface area contributed by atoms with Crippen LogP contribution in [0.2, 0.25) is 0 Å². The van der Waals surface area contributed by atoms with Gasteiger partial charge in [-0.05, 0) is 24.1 Å². The number of nitrogens with one attached hydrogen (secondary N) is 2. The molecule has 2 N–H and O–H groups in total. The maximum Gasteiger partial charge on any atom is 0.127 e. The fraction of sp³-hybridized carbons (Fsp3) is 0.350. The lowest BCUT2D eigenvalue weighted by atomic mass is 10.0. The van der Waals surface area contributed by atoms with Gasteiger partial charge < -0.3 is 19.8 Å². The van der Waals surface area contributed by atoms with Crippen LogP contribution in [0.4, 0.5) is 0 Å². The lowest BCUT2D eigenvalue weighted by Crippen LogP contribution is -2.26. The molecule has 0 saturated heterocycles. The minimum absolute atomic E-state index is 0.124. The van der Waals surface area contributed by atoms with Crippen LogP contribution in [-0.2, 0) is 6.54 Å². The van der Waals surface area contributed by atoms with Crippen LogP contribution in [0.25, 0.3) is 11.0 Å². The molecule has 0 saturated carbocycles. The van der Waals surface area contributed by atoms with Gasteiger partial charge in [-0.1, -0.05) is 32.0 Å². The minimum atomic E-state index is 0.124. The molecule has 0 radical (unpaired) electrons. The summed E-state index contributed by atoms with van der Waals surface area (Å²) in [6.45, 7) is 5.07. The quantitative estimate of drug-likeness (QED) is 0.681. The number of benzene rings is 2. The van der Waals surface area contributed by atoms with Crippen molar-refractivity contribution >= 4 is 11.0 Å². The summed E-state index contributed by atoms with van der Waals surface area (Å²) in [6.07, 6.45) is 0. The van der Waals surface area contributed by atoms with Crippen molar-refractivity contribution in [2.24, 2.45) is 5.92 Å². The van der Waals surface area contributed by atoms with Crippen LogP contribution >= 0.6 is 0 Å². The SMILES string of the molecule is COc1ccc(CN[C@@H](c2nc3ccccc3[nH]2)C(C)C)c(OC)c1. The Morgan fingerprint density at radius 3 is 2.56 bits per heavy atom. The number of rotatable bonds is 7. The van der Waals surface area contributed by atoms with Crippen LogP contribution in [0, 0.1) is 5.92 Å². The van der Waals surface area contributed by atoms with E-state index in [1.165, 1.54) is 0 Å². The molecule has 5 heteroatoms. The first kappa shape index (κ1) is 17.3. The van der Waals surface area contributed by atoms with Gasteiger partial charge in [-0.3, -0.25) is 0 Å². The number of ether oxygens (including phenoxy) is 2. The van der Waals surface area contributed by atoms with Gasteiger partial charge in [0.1, 0.15) is 17.3 Å². The van der Waals surface area contributed by atoms with E-state index >= 15 is 0 Å². The highest BCUT2D eigenvalue weighted by Gasteiger charge is 2.19. The molecule has 0 amide bonds. The highest BCUT2D eigenvalue weighted by atomic mass is 16.5. The van der Waals surface area contributed by atoms with E-state index in [1.54, 1.807) is 14.2 Å². The Bertz CT molecular complexity index is 809. The summed E-state index contributed by atoms with van der Waals surface area (Å²) in [7, 11) is 3.33. The van der Waals surface area contributed by atoms with Crippen molar-refractivity contribution in [2.45, 2.75) is 26.4 Å². The number of nitrogens with zero attached hydrogens (tertiary/aromatic N) is 1. The number of para-hydroxylation sites is 2. The third-order valence-electron chi connectivity index (χ3n) is 4.38. The molecule has 0 aliphatic carbocycles. The highest BCUT2D eigenvalue weighted by Crippen LogP contribution is 2.27. The van der Waals surface area contributed by atoms with Crippen molar-refractivity contribution in [3.05, 3.63) is 53.9 Å². The zero-order chi connectivity index (χ0) is 17.8. The Kier molecular flexibility index (Phi) is 5.24. The molecule has 1 atom stereocenters. The summed E-state index contributed by atoms with van der Waals surface area (Å²) >= 11 is 0. The zero-order valence-corrected chi connectivity index (χ0v) is 15.2. The average molecular weight is 339 g/mol. The fourth-order valence-corrected chi connectivity index (χ4v) is 2.99. The summed E-state index contributed by atoms with van der Waals surface area (Å²) in [5.41, 5.74) is 3.14. The Hall–Kier alpha value is -2.53. The summed E-state index contributed by atoms with van der Waals surface area (Å²) in [6, 6.07) is 14.1. The van der Waals surface area contributed by atoms with Crippen LogP contribution in [0.5, 0.6) is 11.5 Å². The molecule has 132 valence electrons. The Labute approximate surface area is 148 Å². The predicted octanol–water partition coefficient (Wildman–Crippen LogP) is 4.07. The topological polar surface area (TPSA) is 59.2 Å². The maximum absolute atomic E-state index is 5.49. The first-order chi connectivity index (χ1) is 12.1. The van der Waals surface area contributed by atoms with Crippen molar-refractivity contribution < 1.29 is 9.47 Å². The van der Waals surface area contributed by atoms with Crippen LogP contribution in [0.3, 0.4) is 0 Å². The molecule has 25 heavy (non-hydrogen) atoms. The van der Waals surface area contributed by atoms with E-state index in [-0.39, 0.29) is 6.04 Å². The van der Waals surface area contributed by atoms with E-state index in [1.807, 2.05) is 36.4 Å². The second kappa shape index (κ2) is 7.57. The monoisotopic (exact) mass is 339 g/mol. The molecule has 3 aromatic rings. The number of methoxy groups -OCH3 is 2. The van der Waals surface area contributed by atoms with E-state index in [4.69, 9.17) is 14.5 Å². The molecule has 3 rings (SSSR count). The van der Waals surface area contributed by atoms with Crippen molar-refractivity contribution in [3.63, 3.8) is 0 Å². The van der Waals surface area contributed by atoms with E-state index in [0.29, 0.717) is 12.5 Å². The van der Waals surface area contributed by atoms with Crippen molar-refractivity contribution in [1.82, 2.24) is 15.3 Å². The minimum Gasteiger partial charge on any atom is -0.497 e. The molecule has 0 aliphatic rings. The number of aromatic amines is 1. The number of H-pyrrole nitrogens is 1. The van der Waals surface area contributed by atoms with Gasteiger partial charge in [0.05, 0.1) is 31.3 Å². The van der Waals surface area contributed by atoms with Crippen LogP contribution in [0.15, 0.2) is 42.5 Å². The summed E-state index contributed by atoms with van der Waals surface area (Å²) < 4.78 is 10.8. The maximum atomic E-state index is 5.49. The van der Waals surface area contributed by atoms with E-state index in [2.05, 4.69) is 30.2 Å². The largest absolute Gasteiger partial charge is 0.497 e. The summed E-state index contributed by atoms with van der Waals surface area (Å²) in [5.74, 6) is 2.96. The van der Waals surface area contributed by atoms with Crippen molar-refractivity contribution in [3.8, 4) is 11.5 Å². The number of imidazole rings is 1. The standard InChI is InChI=1S/C20H25N3O2/c1-13(2)19(20-22-16-7-5-6-8-17(16)23-20)21-12-14-9-10-15(24-3)11-18(14)25-4/h5-11,13,19,21H,12H2,1-4H3,(H,22,23)/t19-/m1/s1. The van der Waals surface area contributed by atoms with Gasteiger partial charge in [0, 0.05) is 18.2 Å². The van der Waals surface area contributed by atoms with Crippen molar-refractivity contribution in [2.75, 3.05) is 14.2 Å². The second-order valence-corrected chi connectivity index (χ2v) is 6.42. The molecule has 0 bridgehead atoms. The predicted molar refractivity (Wildman–Crippen MR) is 100 cm³/mol. The second-order valence-electron chi connectivity index (χ2n) is 6.42. The highest BCUT2D eigenvalue weighted by molar-refractivity contribution is 5.74. The lowest BCUT2D eigenvalue weighted by Gasteiger charge is -2.21. The smallest absolute Gasteiger partial charge is 0.127 e. The van der Waals surface area contributed by atoms with Gasteiger partial charge in [-0.2, -0.15) is 0 Å². The van der Waals surface area contributed by atoms with Gasteiger partial charge in [0.15, 0.2) is 0 Å². The molecule has 1 heterocycles. The van der Waals surface area contributed by atoms with E-state index < -0.39 is 0 Å². The van der Waals surface area contributed by atoms with Crippen LogP contribution in [0.1, 0.15) is 31.3 Å². The number of fused-ring (bicyclic) bond motifs is 1. The molecule has 0 aliphatic heterocycles. The third kappa shape index (κ3) is 3.77. The third-order valence-corrected chi connectivity index (χ3v) is 4.38. The molecule has 2 aromatic carbocycles. The first-order valence-corrected chi connectivity index (χ1v) is 8.51. The molecule has 0 fully saturated rings. The molecule has 5 nitrogen and oxygen atoms in total. The summed E-state index contributed by atoms with van der Waals surface area (Å²) in [4.78, 5) is 8.18. The van der Waals surface area contributed by atoms with Gasteiger partial charge in [0.2, 0.25) is 0 Å². The van der Waals surface area contributed by atoms with E-state index in [9.17, 15) is 0 Å². The molecular formula is C20H25N3O2. The molecule has 0 unspecified atom stereocenters. The van der Waals surface area contributed by atoms with Gasteiger partial charge >= 0.3 is 0 Å². The number of aromatic nitrogens is 2. The van der Waals surface area contributed by atoms with Crippen LogP contribution in [-0.4, -0.2) is 24.2 Å². The Morgan fingerprint density at radius 2 is 1.88 bits per heavy atom. The van der Waals surface area contributed by atoms with Gasteiger partial charge in [-0.15, -0.1) is 0 Å².